The first kappa shape index (κ1) is 10.9. The minimum atomic E-state index is 0.485. The van der Waals surface area contributed by atoms with Crippen LogP contribution in [0, 0.1) is 5.92 Å². The first-order valence-electron chi connectivity index (χ1n) is 5.15. The van der Waals surface area contributed by atoms with Crippen molar-refractivity contribution in [3.63, 3.8) is 0 Å². The number of anilines is 2. The Bertz CT molecular complexity index is 305. The molecule has 2 nitrogen and oxygen atoms in total. The van der Waals surface area contributed by atoms with Gasteiger partial charge in [0.25, 0.3) is 0 Å². The maximum absolute atomic E-state index is 5.91. The molecule has 1 aromatic carbocycles. The standard InChI is InChI=1S/C12H20N2/c1-8(2)6-9(3)11-7-10(13)4-5-12(11)14/h4-5,7-9H,6,13-14H2,1-3H3. The molecule has 0 saturated carbocycles. The predicted octanol–water partition coefficient (Wildman–Crippen LogP) is 3.00. The molecule has 0 aliphatic rings. The van der Waals surface area contributed by atoms with Crippen LogP contribution in [0.1, 0.15) is 38.7 Å². The summed E-state index contributed by atoms with van der Waals surface area (Å²) in [6.07, 6.45) is 1.15. The van der Waals surface area contributed by atoms with Crippen LogP contribution >= 0.6 is 0 Å². The van der Waals surface area contributed by atoms with Gasteiger partial charge in [-0.05, 0) is 42.0 Å². The number of rotatable bonds is 3. The van der Waals surface area contributed by atoms with Crippen LogP contribution in [0.3, 0.4) is 0 Å². The zero-order chi connectivity index (χ0) is 10.7. The van der Waals surface area contributed by atoms with E-state index in [4.69, 9.17) is 11.5 Å². The summed E-state index contributed by atoms with van der Waals surface area (Å²) in [6.45, 7) is 6.64. The molecule has 0 heterocycles. The molecule has 1 rings (SSSR count). The van der Waals surface area contributed by atoms with E-state index in [0.717, 1.165) is 17.8 Å². The monoisotopic (exact) mass is 192 g/mol. The fourth-order valence-corrected chi connectivity index (χ4v) is 1.85. The lowest BCUT2D eigenvalue weighted by molar-refractivity contribution is 0.524. The Morgan fingerprint density at radius 2 is 1.79 bits per heavy atom. The van der Waals surface area contributed by atoms with Crippen molar-refractivity contribution < 1.29 is 0 Å². The summed E-state index contributed by atoms with van der Waals surface area (Å²) in [5.74, 6) is 1.17. The van der Waals surface area contributed by atoms with Crippen molar-refractivity contribution in [3.05, 3.63) is 23.8 Å². The van der Waals surface area contributed by atoms with Crippen molar-refractivity contribution in [3.8, 4) is 0 Å². The van der Waals surface area contributed by atoms with E-state index in [-0.39, 0.29) is 0 Å². The number of benzene rings is 1. The molecule has 1 unspecified atom stereocenters. The fraction of sp³-hybridized carbons (Fsp3) is 0.500. The van der Waals surface area contributed by atoms with Gasteiger partial charge in [0, 0.05) is 11.4 Å². The van der Waals surface area contributed by atoms with Gasteiger partial charge in [-0.15, -0.1) is 0 Å². The molecule has 0 aliphatic carbocycles. The van der Waals surface area contributed by atoms with Gasteiger partial charge in [-0.25, -0.2) is 0 Å². The van der Waals surface area contributed by atoms with Crippen molar-refractivity contribution in [1.82, 2.24) is 0 Å². The average molecular weight is 192 g/mol. The van der Waals surface area contributed by atoms with Gasteiger partial charge in [-0.3, -0.25) is 0 Å². The Hall–Kier alpha value is -1.18. The molecule has 0 saturated heterocycles. The summed E-state index contributed by atoms with van der Waals surface area (Å²) < 4.78 is 0. The Kier molecular flexibility index (Phi) is 3.39. The second-order valence-corrected chi connectivity index (χ2v) is 4.42. The fourth-order valence-electron chi connectivity index (χ4n) is 1.85. The second-order valence-electron chi connectivity index (χ2n) is 4.42. The molecule has 0 fully saturated rings. The summed E-state index contributed by atoms with van der Waals surface area (Å²) in [6, 6.07) is 5.73. The van der Waals surface area contributed by atoms with E-state index in [1.54, 1.807) is 0 Å². The Labute approximate surface area is 86.3 Å². The lowest BCUT2D eigenvalue weighted by atomic mass is 9.91. The van der Waals surface area contributed by atoms with Crippen LogP contribution in [-0.4, -0.2) is 0 Å². The van der Waals surface area contributed by atoms with E-state index in [9.17, 15) is 0 Å². The van der Waals surface area contributed by atoms with Crippen LogP contribution in [0.25, 0.3) is 0 Å². The Morgan fingerprint density at radius 3 is 2.36 bits per heavy atom. The first-order valence-corrected chi connectivity index (χ1v) is 5.15. The lowest BCUT2D eigenvalue weighted by Gasteiger charge is -2.16. The van der Waals surface area contributed by atoms with E-state index < -0.39 is 0 Å². The lowest BCUT2D eigenvalue weighted by Crippen LogP contribution is -2.03. The maximum Gasteiger partial charge on any atom is 0.0350 e. The zero-order valence-electron chi connectivity index (χ0n) is 9.25. The minimum Gasteiger partial charge on any atom is -0.399 e. The highest BCUT2D eigenvalue weighted by atomic mass is 14.6. The quantitative estimate of drug-likeness (QED) is 0.723. The summed E-state index contributed by atoms with van der Waals surface area (Å²) >= 11 is 0. The van der Waals surface area contributed by atoms with Gasteiger partial charge in [-0.1, -0.05) is 20.8 Å². The third kappa shape index (κ3) is 2.66. The van der Waals surface area contributed by atoms with Crippen LogP contribution < -0.4 is 11.5 Å². The molecule has 14 heavy (non-hydrogen) atoms. The van der Waals surface area contributed by atoms with Crippen molar-refractivity contribution in [2.45, 2.75) is 33.1 Å². The molecule has 0 radical (unpaired) electrons. The highest BCUT2D eigenvalue weighted by Gasteiger charge is 2.10. The first-order chi connectivity index (χ1) is 6.50. The van der Waals surface area contributed by atoms with E-state index in [1.165, 1.54) is 5.56 Å². The molecule has 1 atom stereocenters. The average Bonchev–Trinajstić information content (AvgIpc) is 2.08. The normalized spacial score (nSPS) is 13.1. The van der Waals surface area contributed by atoms with Crippen molar-refractivity contribution >= 4 is 11.4 Å². The molecule has 0 aliphatic heterocycles. The predicted molar refractivity (Wildman–Crippen MR) is 63.1 cm³/mol. The number of nitrogens with two attached hydrogens (primary N) is 2. The number of hydrogen-bond acceptors (Lipinski definition) is 2. The van der Waals surface area contributed by atoms with E-state index in [2.05, 4.69) is 20.8 Å². The summed E-state index contributed by atoms with van der Waals surface area (Å²) in [7, 11) is 0. The largest absolute Gasteiger partial charge is 0.399 e. The molecule has 1 aromatic rings. The van der Waals surface area contributed by atoms with Crippen molar-refractivity contribution in [1.29, 1.82) is 0 Å². The summed E-state index contributed by atoms with van der Waals surface area (Å²) in [4.78, 5) is 0. The maximum atomic E-state index is 5.91. The number of hydrogen-bond donors (Lipinski definition) is 2. The molecular weight excluding hydrogens is 172 g/mol. The molecule has 0 bridgehead atoms. The van der Waals surface area contributed by atoms with E-state index in [1.807, 2.05) is 18.2 Å². The molecule has 0 amide bonds. The van der Waals surface area contributed by atoms with Crippen LogP contribution in [0.15, 0.2) is 18.2 Å². The van der Waals surface area contributed by atoms with Gasteiger partial charge in [0.05, 0.1) is 0 Å². The smallest absolute Gasteiger partial charge is 0.0350 e. The molecule has 0 spiro atoms. The molecule has 2 heteroatoms. The highest BCUT2D eigenvalue weighted by molar-refractivity contribution is 5.56. The van der Waals surface area contributed by atoms with Gasteiger partial charge < -0.3 is 11.5 Å². The molecule has 0 aromatic heterocycles. The van der Waals surface area contributed by atoms with Crippen LogP contribution in [-0.2, 0) is 0 Å². The molecule has 78 valence electrons. The van der Waals surface area contributed by atoms with Gasteiger partial charge in [0.2, 0.25) is 0 Å². The highest BCUT2D eigenvalue weighted by Crippen LogP contribution is 2.29. The van der Waals surface area contributed by atoms with E-state index >= 15 is 0 Å². The Morgan fingerprint density at radius 1 is 1.14 bits per heavy atom. The van der Waals surface area contributed by atoms with Crippen molar-refractivity contribution in [2.24, 2.45) is 5.92 Å². The van der Waals surface area contributed by atoms with Crippen LogP contribution in [0.5, 0.6) is 0 Å². The molecule has 4 N–H and O–H groups in total. The second kappa shape index (κ2) is 4.36. The van der Waals surface area contributed by atoms with Gasteiger partial charge >= 0.3 is 0 Å². The zero-order valence-corrected chi connectivity index (χ0v) is 9.25. The third-order valence-corrected chi connectivity index (χ3v) is 2.47. The van der Waals surface area contributed by atoms with Crippen LogP contribution in [0.4, 0.5) is 11.4 Å². The van der Waals surface area contributed by atoms with Gasteiger partial charge in [0.1, 0.15) is 0 Å². The Balaban J connectivity index is 2.88. The van der Waals surface area contributed by atoms with Gasteiger partial charge in [0.15, 0.2) is 0 Å². The summed E-state index contributed by atoms with van der Waals surface area (Å²) in [5.41, 5.74) is 14.5. The topological polar surface area (TPSA) is 52.0 Å². The summed E-state index contributed by atoms with van der Waals surface area (Å²) in [5, 5.41) is 0. The molecular formula is C12H20N2. The van der Waals surface area contributed by atoms with Crippen LogP contribution in [0.2, 0.25) is 0 Å². The van der Waals surface area contributed by atoms with E-state index in [0.29, 0.717) is 11.8 Å². The van der Waals surface area contributed by atoms with Gasteiger partial charge in [-0.2, -0.15) is 0 Å². The van der Waals surface area contributed by atoms with Crippen molar-refractivity contribution in [2.75, 3.05) is 11.5 Å². The number of nitrogen functional groups attached to an aromatic ring is 2. The SMILES string of the molecule is CC(C)CC(C)c1cc(N)ccc1N. The third-order valence-electron chi connectivity index (χ3n) is 2.47. The minimum absolute atomic E-state index is 0.485.